The average molecular weight is 143 g/mol. The highest BCUT2D eigenvalue weighted by atomic mass is 35.7. The average Bonchev–Trinajstić information content (AvgIpc) is 1.35. The molecule has 1 nitrogen and oxygen atoms in total. The second kappa shape index (κ2) is 3.93. The summed E-state index contributed by atoms with van der Waals surface area (Å²) in [5, 5.41) is 0. The second-order valence-corrected chi connectivity index (χ2v) is 5.37. The van der Waals surface area contributed by atoms with E-state index in [1.165, 1.54) is 0 Å². The highest BCUT2D eigenvalue weighted by Crippen LogP contribution is 1.98. The van der Waals surface area contributed by atoms with E-state index in [1.54, 1.807) is 0 Å². The molecule has 6 heavy (non-hydrogen) atoms. The van der Waals surface area contributed by atoms with Crippen molar-refractivity contribution in [3.05, 3.63) is 0 Å². The van der Waals surface area contributed by atoms with Gasteiger partial charge in [0.2, 0.25) is 0 Å². The van der Waals surface area contributed by atoms with E-state index in [2.05, 4.69) is 0 Å². The van der Waals surface area contributed by atoms with E-state index in [1.807, 2.05) is 0 Å². The molecule has 0 spiro atoms. The zero-order chi connectivity index (χ0) is 4.99. The Morgan fingerprint density at radius 2 is 2.00 bits per heavy atom. The lowest BCUT2D eigenvalue weighted by molar-refractivity contribution is 1.12. The van der Waals surface area contributed by atoms with Crippen LogP contribution in [0.3, 0.4) is 0 Å². The van der Waals surface area contributed by atoms with Gasteiger partial charge in [0, 0.05) is 0 Å². The maximum Gasteiger partial charge on any atom is 0.275 e. The fourth-order valence-corrected chi connectivity index (χ4v) is 0.982. The van der Waals surface area contributed by atoms with Gasteiger partial charge >= 0.3 is 0 Å². The number of hydrogen-bond acceptors (Lipinski definition) is 1. The normalized spacial score (nSPS) is 10.0. The summed E-state index contributed by atoms with van der Waals surface area (Å²) in [5.74, 6) is 0. The molecule has 0 saturated carbocycles. The Kier molecular flexibility index (Phi) is 4.43. The molecule has 0 aromatic rings. The molecule has 0 fully saturated rings. The van der Waals surface area contributed by atoms with E-state index in [0.717, 1.165) is 6.04 Å². The van der Waals surface area contributed by atoms with Crippen molar-refractivity contribution < 1.29 is 0 Å². The number of nitrogens with two attached hydrogens (primary N) is 1. The molecule has 0 heterocycles. The van der Waals surface area contributed by atoms with Gasteiger partial charge in [-0.1, -0.05) is 0 Å². The Labute approximate surface area is 48.4 Å². The zero-order valence-corrected chi connectivity index (χ0v) is 5.76. The summed E-state index contributed by atoms with van der Waals surface area (Å²) in [5.41, 5.74) is 5.09. The molecule has 2 N–H and O–H groups in total. The predicted octanol–water partition coefficient (Wildman–Crippen LogP) is 0.911. The summed E-state index contributed by atoms with van der Waals surface area (Å²) in [7, 11) is -1.07. The Morgan fingerprint density at radius 1 is 1.50 bits per heavy atom. The molecule has 0 rings (SSSR count). The molecule has 0 aliphatic carbocycles. The van der Waals surface area contributed by atoms with Gasteiger partial charge in [0.05, 0.1) is 0 Å². The van der Waals surface area contributed by atoms with Crippen LogP contribution in [0.5, 0.6) is 0 Å². The van der Waals surface area contributed by atoms with Crippen molar-refractivity contribution in [2.24, 2.45) is 5.73 Å². The van der Waals surface area contributed by atoms with Crippen molar-refractivity contribution in [2.45, 2.75) is 6.04 Å². The minimum Gasteiger partial charge on any atom is -0.331 e. The van der Waals surface area contributed by atoms with Crippen LogP contribution < -0.4 is 5.73 Å². The molecule has 0 unspecified atom stereocenters. The third kappa shape index (κ3) is 4.76. The summed E-state index contributed by atoms with van der Waals surface area (Å²) in [6.45, 7) is 0.612. The third-order valence-electron chi connectivity index (χ3n) is 0.333. The lowest BCUT2D eigenvalue weighted by Crippen LogP contribution is -2.04. The van der Waals surface area contributed by atoms with Crippen LogP contribution in [0.15, 0.2) is 0 Å². The molecule has 4 heteroatoms. The molecule has 0 aromatic carbocycles. The lowest BCUT2D eigenvalue weighted by Gasteiger charge is -1.87. The van der Waals surface area contributed by atoms with Crippen molar-refractivity contribution in [1.29, 1.82) is 0 Å². The van der Waals surface area contributed by atoms with Crippen LogP contribution in [-0.4, -0.2) is 14.0 Å². The summed E-state index contributed by atoms with van der Waals surface area (Å²) in [4.78, 5) is 0. The fourth-order valence-electron chi connectivity index (χ4n) is 0.109. The number of hydrogen-bond donors (Lipinski definition) is 1. The van der Waals surface area contributed by atoms with E-state index in [0.29, 0.717) is 6.54 Å². The third-order valence-corrected chi connectivity index (χ3v) is 2.13. The van der Waals surface area contributed by atoms with Gasteiger partial charge in [-0.05, 0) is 12.6 Å². The summed E-state index contributed by atoms with van der Waals surface area (Å²) in [6, 6.07) is 0.785. The second-order valence-electron chi connectivity index (χ2n) is 0.877. The van der Waals surface area contributed by atoms with E-state index < -0.39 is 7.42 Å². The smallest absolute Gasteiger partial charge is 0.275 e. The van der Waals surface area contributed by atoms with Crippen molar-refractivity contribution >= 4 is 29.6 Å². The van der Waals surface area contributed by atoms with Gasteiger partial charge in [-0.2, -0.15) is 0 Å². The Bertz CT molecular complexity index is 32.7. The molecule has 1 radical (unpaired) electrons. The van der Waals surface area contributed by atoms with Crippen molar-refractivity contribution in [3.8, 4) is 0 Å². The number of halogens is 2. The van der Waals surface area contributed by atoms with Gasteiger partial charge in [0.1, 0.15) is 0 Å². The van der Waals surface area contributed by atoms with Gasteiger partial charge in [0.25, 0.3) is 7.42 Å². The summed E-state index contributed by atoms with van der Waals surface area (Å²) < 4.78 is 0. The van der Waals surface area contributed by atoms with Crippen LogP contribution >= 0.6 is 22.2 Å². The van der Waals surface area contributed by atoms with Gasteiger partial charge in [-0.15, -0.1) is 22.2 Å². The van der Waals surface area contributed by atoms with Crippen LogP contribution in [0.4, 0.5) is 0 Å². The van der Waals surface area contributed by atoms with Crippen LogP contribution in [0, 0.1) is 0 Å². The van der Waals surface area contributed by atoms with Gasteiger partial charge in [-0.3, -0.25) is 0 Å². The Hall–Kier alpha value is 0.757. The van der Waals surface area contributed by atoms with Crippen molar-refractivity contribution in [1.82, 2.24) is 0 Å². The molecule has 0 aliphatic rings. The first-order chi connectivity index (χ1) is 2.77. The van der Waals surface area contributed by atoms with Crippen LogP contribution in [-0.2, 0) is 0 Å². The van der Waals surface area contributed by atoms with Crippen molar-refractivity contribution in [2.75, 3.05) is 6.54 Å². The maximum atomic E-state index is 5.37. The van der Waals surface area contributed by atoms with Crippen molar-refractivity contribution in [3.63, 3.8) is 0 Å². The quantitative estimate of drug-likeness (QED) is 0.451. The first kappa shape index (κ1) is 6.76. The Balaban J connectivity index is 2.63. The van der Waals surface area contributed by atoms with Gasteiger partial charge in [-0.25, -0.2) is 0 Å². The molecule has 37 valence electrons. The molecular weight excluding hydrogens is 137 g/mol. The van der Waals surface area contributed by atoms with E-state index in [9.17, 15) is 0 Å². The zero-order valence-electron chi connectivity index (χ0n) is 3.25. The summed E-state index contributed by atoms with van der Waals surface area (Å²) in [6.07, 6.45) is 0. The molecule has 0 amide bonds. The molecular formula is C2H6Cl2NSi. The fraction of sp³-hybridized carbons (Fsp3) is 1.00. The minimum atomic E-state index is -1.07. The van der Waals surface area contributed by atoms with E-state index >= 15 is 0 Å². The van der Waals surface area contributed by atoms with Crippen LogP contribution in [0.25, 0.3) is 0 Å². The molecule has 0 atom stereocenters. The maximum absolute atomic E-state index is 5.37. The molecule has 0 aliphatic heterocycles. The molecule has 0 aromatic heterocycles. The monoisotopic (exact) mass is 142 g/mol. The highest BCUT2D eigenvalue weighted by Gasteiger charge is 1.97. The van der Waals surface area contributed by atoms with E-state index in [-0.39, 0.29) is 0 Å². The van der Waals surface area contributed by atoms with E-state index in [4.69, 9.17) is 27.9 Å². The van der Waals surface area contributed by atoms with Crippen LogP contribution in [0.2, 0.25) is 6.04 Å². The first-order valence-corrected chi connectivity index (χ1v) is 5.37. The van der Waals surface area contributed by atoms with Gasteiger partial charge in [0.15, 0.2) is 0 Å². The highest BCUT2D eigenvalue weighted by molar-refractivity contribution is 7.33. The Morgan fingerprint density at radius 3 is 2.00 bits per heavy atom. The lowest BCUT2D eigenvalue weighted by atomic mass is 10.8. The molecule has 0 saturated heterocycles. The first-order valence-electron chi connectivity index (χ1n) is 1.64. The molecule has 0 bridgehead atoms. The predicted molar refractivity (Wildman–Crippen MR) is 31.3 cm³/mol. The summed E-state index contributed by atoms with van der Waals surface area (Å²) >= 11 is 10.7. The number of rotatable bonds is 2. The SMILES string of the molecule is NCC[Si](Cl)Cl. The minimum absolute atomic E-state index is 0.612. The largest absolute Gasteiger partial charge is 0.331 e. The topological polar surface area (TPSA) is 26.0 Å². The standard InChI is InChI=1S/C2H6Cl2NSi/c3-6(4)2-1-5/h1-2,5H2. The van der Waals surface area contributed by atoms with Gasteiger partial charge < -0.3 is 5.73 Å². The van der Waals surface area contributed by atoms with Crippen LogP contribution in [0.1, 0.15) is 0 Å².